The van der Waals surface area contributed by atoms with E-state index < -0.39 is 16.7 Å². The Hall–Kier alpha value is -3.11. The fourth-order valence-electron chi connectivity index (χ4n) is 2.02. The molecule has 0 fully saturated rings. The summed E-state index contributed by atoms with van der Waals surface area (Å²) in [7, 11) is 0. The highest BCUT2D eigenvalue weighted by atomic mass is 79.9. The lowest BCUT2D eigenvalue weighted by atomic mass is 10.1. The first kappa shape index (κ1) is 21.2. The van der Waals surface area contributed by atoms with Gasteiger partial charge in [0.2, 0.25) is 5.91 Å². The molecule has 2 aromatic rings. The van der Waals surface area contributed by atoms with Crippen molar-refractivity contribution in [2.75, 3.05) is 0 Å². The van der Waals surface area contributed by atoms with E-state index in [1.54, 1.807) is 24.3 Å². The van der Waals surface area contributed by atoms with E-state index >= 15 is 0 Å². The number of carbonyl (C=O) groups excluding carboxylic acids is 2. The van der Waals surface area contributed by atoms with E-state index in [2.05, 4.69) is 32.1 Å². The fraction of sp³-hybridized carbons (Fsp3) is 0.0556. The molecule has 144 valence electrons. The first-order valence-electron chi connectivity index (χ1n) is 7.86. The number of rotatable bonds is 4. The fourth-order valence-corrected chi connectivity index (χ4v) is 2.55. The number of hydrogen-bond donors (Lipinski definition) is 3. The van der Waals surface area contributed by atoms with E-state index in [0.717, 1.165) is 10.0 Å². The molecule has 2 rings (SSSR count). The Morgan fingerprint density at radius 3 is 2.61 bits per heavy atom. The Balaban J connectivity index is 1.86. The van der Waals surface area contributed by atoms with Gasteiger partial charge in [0, 0.05) is 28.2 Å². The van der Waals surface area contributed by atoms with E-state index in [0.29, 0.717) is 11.1 Å². The molecule has 8 nitrogen and oxygen atoms in total. The third kappa shape index (κ3) is 6.25. The van der Waals surface area contributed by atoms with Crippen molar-refractivity contribution in [3.63, 3.8) is 0 Å². The van der Waals surface area contributed by atoms with Crippen LogP contribution in [0, 0.1) is 17.0 Å². The molecule has 0 saturated carbocycles. The molecule has 0 aliphatic heterocycles. The van der Waals surface area contributed by atoms with E-state index in [1.807, 2.05) is 6.92 Å². The maximum atomic E-state index is 12.1. The van der Waals surface area contributed by atoms with Gasteiger partial charge >= 0.3 is 0 Å². The number of nitro benzene ring substituents is 1. The van der Waals surface area contributed by atoms with Crippen LogP contribution >= 0.6 is 28.1 Å². The average molecular weight is 463 g/mol. The Morgan fingerprint density at radius 1 is 1.18 bits per heavy atom. The van der Waals surface area contributed by atoms with E-state index in [1.165, 1.54) is 30.4 Å². The van der Waals surface area contributed by atoms with Crippen LogP contribution in [-0.4, -0.2) is 21.9 Å². The van der Waals surface area contributed by atoms with Crippen LogP contribution in [0.1, 0.15) is 21.5 Å². The van der Waals surface area contributed by atoms with E-state index in [9.17, 15) is 19.7 Å². The molecule has 2 amide bonds. The summed E-state index contributed by atoms with van der Waals surface area (Å²) < 4.78 is 0.794. The van der Waals surface area contributed by atoms with Gasteiger partial charge in [-0.3, -0.25) is 35.9 Å². The minimum absolute atomic E-state index is 0.0785. The van der Waals surface area contributed by atoms with Crippen molar-refractivity contribution < 1.29 is 14.5 Å². The molecule has 0 aliphatic rings. The van der Waals surface area contributed by atoms with Crippen molar-refractivity contribution in [3.8, 4) is 0 Å². The summed E-state index contributed by atoms with van der Waals surface area (Å²) in [5.41, 5.74) is 6.61. The minimum atomic E-state index is -0.559. The van der Waals surface area contributed by atoms with Crippen LogP contribution in [0.5, 0.6) is 0 Å². The standard InChI is InChI=1S/C18H15BrN4O4S/c1-11-5-7-13(10-15(11)19)17(25)21-22-18(28)20-16(24)8-6-12-3-2-4-14(9-12)23(26)27/h2-10H,1H3,(H,21,25)(H2,20,22,24,28)/b8-6+. The summed E-state index contributed by atoms with van der Waals surface area (Å²) in [5.74, 6) is -0.985. The zero-order valence-corrected chi connectivity index (χ0v) is 17.0. The van der Waals surface area contributed by atoms with Crippen LogP contribution in [0.25, 0.3) is 6.08 Å². The number of nitrogens with one attached hydrogen (secondary N) is 3. The van der Waals surface area contributed by atoms with Gasteiger partial charge in [-0.15, -0.1) is 0 Å². The van der Waals surface area contributed by atoms with Crippen LogP contribution in [0.4, 0.5) is 5.69 Å². The van der Waals surface area contributed by atoms with Crippen molar-refractivity contribution in [2.24, 2.45) is 0 Å². The Labute approximate surface area is 174 Å². The summed E-state index contributed by atoms with van der Waals surface area (Å²) in [4.78, 5) is 34.1. The van der Waals surface area contributed by atoms with Crippen LogP contribution in [0.15, 0.2) is 53.0 Å². The predicted molar refractivity (Wildman–Crippen MR) is 112 cm³/mol. The van der Waals surface area contributed by atoms with Crippen molar-refractivity contribution in [3.05, 3.63) is 79.8 Å². The monoisotopic (exact) mass is 462 g/mol. The maximum absolute atomic E-state index is 12.1. The number of benzene rings is 2. The summed E-state index contributed by atoms with van der Waals surface area (Å²) in [5, 5.41) is 13.0. The molecule has 0 aliphatic carbocycles. The topological polar surface area (TPSA) is 113 Å². The van der Waals surface area contributed by atoms with Gasteiger partial charge in [-0.1, -0.05) is 34.1 Å². The molecule has 0 saturated heterocycles. The second-order valence-corrected chi connectivity index (χ2v) is 6.81. The first-order valence-corrected chi connectivity index (χ1v) is 9.06. The van der Waals surface area contributed by atoms with Gasteiger partial charge in [-0.25, -0.2) is 0 Å². The largest absolute Gasteiger partial charge is 0.298 e. The van der Waals surface area contributed by atoms with E-state index in [4.69, 9.17) is 12.2 Å². The van der Waals surface area contributed by atoms with Gasteiger partial charge in [0.15, 0.2) is 5.11 Å². The number of nitrogens with zero attached hydrogens (tertiary/aromatic N) is 1. The number of thiocarbonyl (C=S) groups is 1. The molecule has 0 spiro atoms. The second-order valence-electron chi connectivity index (χ2n) is 5.55. The van der Waals surface area contributed by atoms with Gasteiger partial charge in [0.25, 0.3) is 11.6 Å². The van der Waals surface area contributed by atoms with Crippen LogP contribution < -0.4 is 16.2 Å². The normalized spacial score (nSPS) is 10.4. The van der Waals surface area contributed by atoms with E-state index in [-0.39, 0.29) is 10.8 Å². The Kier molecular flexibility index (Phi) is 7.36. The number of nitro groups is 1. The highest BCUT2D eigenvalue weighted by Gasteiger charge is 2.08. The third-order valence-electron chi connectivity index (χ3n) is 3.47. The molecular weight excluding hydrogens is 448 g/mol. The second kappa shape index (κ2) is 9.72. The smallest absolute Gasteiger partial charge is 0.270 e. The lowest BCUT2D eigenvalue weighted by molar-refractivity contribution is -0.384. The van der Waals surface area contributed by atoms with Crippen molar-refractivity contribution >= 4 is 56.8 Å². The molecule has 0 aromatic heterocycles. The highest BCUT2D eigenvalue weighted by Crippen LogP contribution is 2.17. The zero-order chi connectivity index (χ0) is 20.7. The molecule has 3 N–H and O–H groups in total. The number of hydrazine groups is 1. The summed E-state index contributed by atoms with van der Waals surface area (Å²) in [6.45, 7) is 1.90. The number of halogens is 1. The average Bonchev–Trinajstić information content (AvgIpc) is 2.66. The van der Waals surface area contributed by atoms with Crippen LogP contribution in [0.2, 0.25) is 0 Å². The van der Waals surface area contributed by atoms with Gasteiger partial charge in [-0.05, 0) is 48.5 Å². The number of non-ortho nitro benzene ring substituents is 1. The summed E-state index contributed by atoms with van der Waals surface area (Å²) in [6.07, 6.45) is 2.58. The lowest BCUT2D eigenvalue weighted by Gasteiger charge is -2.10. The number of carbonyl (C=O) groups is 2. The minimum Gasteiger partial charge on any atom is -0.298 e. The van der Waals surface area contributed by atoms with Gasteiger partial charge < -0.3 is 0 Å². The van der Waals surface area contributed by atoms with Gasteiger partial charge in [0.05, 0.1) is 4.92 Å². The maximum Gasteiger partial charge on any atom is 0.270 e. The zero-order valence-electron chi connectivity index (χ0n) is 14.6. The quantitative estimate of drug-likeness (QED) is 0.278. The van der Waals surface area contributed by atoms with Gasteiger partial charge in [-0.2, -0.15) is 0 Å². The molecular formula is C18H15BrN4O4S. The summed E-state index contributed by atoms with van der Waals surface area (Å²) >= 11 is 8.29. The summed E-state index contributed by atoms with van der Waals surface area (Å²) in [6, 6.07) is 10.9. The molecule has 0 unspecified atom stereocenters. The van der Waals surface area contributed by atoms with Crippen molar-refractivity contribution in [2.45, 2.75) is 6.92 Å². The third-order valence-corrected chi connectivity index (χ3v) is 4.53. The molecule has 0 radical (unpaired) electrons. The number of amides is 2. The molecule has 0 heterocycles. The van der Waals surface area contributed by atoms with Crippen molar-refractivity contribution in [1.82, 2.24) is 16.2 Å². The number of hydrogen-bond acceptors (Lipinski definition) is 5. The molecule has 0 bridgehead atoms. The number of aryl methyl sites for hydroxylation is 1. The van der Waals surface area contributed by atoms with Gasteiger partial charge in [0.1, 0.15) is 0 Å². The van der Waals surface area contributed by atoms with Crippen molar-refractivity contribution in [1.29, 1.82) is 0 Å². The molecule has 28 heavy (non-hydrogen) atoms. The first-order chi connectivity index (χ1) is 13.3. The molecule has 2 aromatic carbocycles. The molecule has 10 heteroatoms. The Morgan fingerprint density at radius 2 is 1.93 bits per heavy atom. The van der Waals surface area contributed by atoms with Crippen LogP contribution in [-0.2, 0) is 4.79 Å². The SMILES string of the molecule is Cc1ccc(C(=O)NNC(=S)NC(=O)/C=C/c2cccc([N+](=O)[O-])c2)cc1Br. The highest BCUT2D eigenvalue weighted by molar-refractivity contribution is 9.10. The Bertz CT molecular complexity index is 978. The molecule has 0 atom stereocenters. The predicted octanol–water partition coefficient (Wildman–Crippen LogP) is 3.01. The van der Waals surface area contributed by atoms with Crippen LogP contribution in [0.3, 0.4) is 0 Å². The lowest BCUT2D eigenvalue weighted by Crippen LogP contribution is -2.48.